The second-order valence-electron chi connectivity index (χ2n) is 5.58. The summed E-state index contributed by atoms with van der Waals surface area (Å²) in [5.74, 6) is 1.79. The standard InChI is InChI=1S/C17H15ClN6/c18-14-1-3-15(4-2-14)23-17-20-10-13(16-21-11-22-24(16)17)9-12-5-7-19-8-6-12/h1-8,11,13H,9-10H2,(H,20,23). The minimum atomic E-state index is 0.200. The molecule has 0 saturated carbocycles. The van der Waals surface area contributed by atoms with Crippen molar-refractivity contribution < 1.29 is 0 Å². The van der Waals surface area contributed by atoms with Crippen LogP contribution in [0.4, 0.5) is 5.69 Å². The Labute approximate surface area is 144 Å². The first-order chi connectivity index (χ1) is 11.8. The lowest BCUT2D eigenvalue weighted by Gasteiger charge is -2.22. The molecule has 0 aliphatic carbocycles. The molecule has 1 unspecified atom stereocenters. The van der Waals surface area contributed by atoms with Crippen LogP contribution in [0.2, 0.25) is 5.02 Å². The second kappa shape index (κ2) is 6.41. The average molecular weight is 339 g/mol. The van der Waals surface area contributed by atoms with Crippen molar-refractivity contribution >= 4 is 23.2 Å². The lowest BCUT2D eigenvalue weighted by molar-refractivity contribution is 0.605. The quantitative estimate of drug-likeness (QED) is 0.797. The molecule has 0 radical (unpaired) electrons. The molecule has 3 aromatic rings. The van der Waals surface area contributed by atoms with Crippen molar-refractivity contribution in [3.63, 3.8) is 0 Å². The third-order valence-electron chi connectivity index (χ3n) is 3.93. The maximum Gasteiger partial charge on any atom is 0.225 e. The zero-order valence-electron chi connectivity index (χ0n) is 12.8. The molecule has 7 heteroatoms. The van der Waals surface area contributed by atoms with Crippen molar-refractivity contribution in [3.05, 3.63) is 71.5 Å². The Hall–Kier alpha value is -2.73. The molecule has 1 aliphatic rings. The van der Waals surface area contributed by atoms with Crippen molar-refractivity contribution in [1.29, 1.82) is 0 Å². The smallest absolute Gasteiger partial charge is 0.225 e. The number of nitrogens with zero attached hydrogens (tertiary/aromatic N) is 5. The number of fused-ring (bicyclic) bond motifs is 1. The minimum absolute atomic E-state index is 0.200. The molecule has 0 bridgehead atoms. The highest BCUT2D eigenvalue weighted by atomic mass is 35.5. The van der Waals surface area contributed by atoms with Crippen LogP contribution in [0, 0.1) is 0 Å². The van der Waals surface area contributed by atoms with Crippen LogP contribution in [0.1, 0.15) is 17.3 Å². The van der Waals surface area contributed by atoms with E-state index in [2.05, 4.69) is 25.4 Å². The van der Waals surface area contributed by atoms with Crippen LogP contribution in [0.5, 0.6) is 0 Å². The van der Waals surface area contributed by atoms with Gasteiger partial charge in [-0.2, -0.15) is 9.78 Å². The number of nitrogens with one attached hydrogen (secondary N) is 1. The van der Waals surface area contributed by atoms with Gasteiger partial charge in [0.05, 0.1) is 6.54 Å². The van der Waals surface area contributed by atoms with E-state index in [-0.39, 0.29) is 5.92 Å². The fourth-order valence-electron chi connectivity index (χ4n) is 2.75. The minimum Gasteiger partial charge on any atom is -0.324 e. The molecular weight excluding hydrogens is 324 g/mol. The van der Waals surface area contributed by atoms with Crippen LogP contribution >= 0.6 is 11.6 Å². The van der Waals surface area contributed by atoms with E-state index < -0.39 is 0 Å². The molecule has 0 amide bonds. The van der Waals surface area contributed by atoms with Crippen molar-refractivity contribution in [1.82, 2.24) is 19.7 Å². The summed E-state index contributed by atoms with van der Waals surface area (Å²) in [6, 6.07) is 11.5. The fraction of sp³-hybridized carbons (Fsp3) is 0.176. The van der Waals surface area contributed by atoms with Gasteiger partial charge in [0.15, 0.2) is 0 Å². The zero-order valence-corrected chi connectivity index (χ0v) is 13.6. The van der Waals surface area contributed by atoms with Crippen molar-refractivity contribution in [2.24, 2.45) is 4.99 Å². The molecule has 24 heavy (non-hydrogen) atoms. The fourth-order valence-corrected chi connectivity index (χ4v) is 2.88. The zero-order chi connectivity index (χ0) is 16.4. The molecular formula is C17H15ClN6. The van der Waals surface area contributed by atoms with Crippen LogP contribution in [0.25, 0.3) is 0 Å². The van der Waals surface area contributed by atoms with Gasteiger partial charge < -0.3 is 5.32 Å². The molecule has 1 aliphatic heterocycles. The van der Waals surface area contributed by atoms with Crippen molar-refractivity contribution in [3.8, 4) is 0 Å². The Morgan fingerprint density at radius 2 is 1.92 bits per heavy atom. The number of hydrogen-bond acceptors (Lipinski definition) is 5. The van der Waals surface area contributed by atoms with Gasteiger partial charge in [-0.1, -0.05) is 11.6 Å². The Morgan fingerprint density at radius 3 is 2.71 bits per heavy atom. The van der Waals surface area contributed by atoms with Crippen molar-refractivity contribution in [2.45, 2.75) is 12.3 Å². The lowest BCUT2D eigenvalue weighted by atomic mass is 9.98. The summed E-state index contributed by atoms with van der Waals surface area (Å²) in [6.45, 7) is 0.664. The highest BCUT2D eigenvalue weighted by Gasteiger charge is 2.25. The van der Waals surface area contributed by atoms with E-state index in [1.165, 1.54) is 5.56 Å². The van der Waals surface area contributed by atoms with E-state index in [1.807, 2.05) is 36.4 Å². The molecule has 0 fully saturated rings. The van der Waals surface area contributed by atoms with Crippen LogP contribution in [0.15, 0.2) is 60.1 Å². The summed E-state index contributed by atoms with van der Waals surface area (Å²) < 4.78 is 1.77. The van der Waals surface area contributed by atoms with E-state index >= 15 is 0 Å². The molecule has 120 valence electrons. The third-order valence-corrected chi connectivity index (χ3v) is 4.19. The number of hydrogen-bond donors (Lipinski definition) is 1. The van der Waals surface area contributed by atoms with E-state index in [4.69, 9.17) is 11.6 Å². The molecule has 2 aromatic heterocycles. The molecule has 6 nitrogen and oxygen atoms in total. The number of pyridine rings is 1. The summed E-state index contributed by atoms with van der Waals surface area (Å²) in [7, 11) is 0. The monoisotopic (exact) mass is 338 g/mol. The number of benzene rings is 1. The summed E-state index contributed by atoms with van der Waals surface area (Å²) >= 11 is 5.92. The van der Waals surface area contributed by atoms with Crippen molar-refractivity contribution in [2.75, 3.05) is 11.9 Å². The number of halogens is 1. The Balaban J connectivity index is 1.56. The Morgan fingerprint density at radius 1 is 1.12 bits per heavy atom. The predicted molar refractivity (Wildman–Crippen MR) is 93.5 cm³/mol. The van der Waals surface area contributed by atoms with Gasteiger partial charge >= 0.3 is 0 Å². The van der Waals surface area contributed by atoms with Gasteiger partial charge in [-0.3, -0.25) is 9.98 Å². The Bertz CT molecular complexity index is 856. The Kier molecular flexibility index (Phi) is 3.96. The number of aliphatic imine (C=N–C) groups is 1. The van der Waals surface area contributed by atoms with Gasteiger partial charge in [-0.25, -0.2) is 4.98 Å². The highest BCUT2D eigenvalue weighted by molar-refractivity contribution is 6.30. The van der Waals surface area contributed by atoms with E-state index in [9.17, 15) is 0 Å². The predicted octanol–water partition coefficient (Wildman–Crippen LogP) is 2.98. The van der Waals surface area contributed by atoms with Gasteiger partial charge in [0, 0.05) is 29.0 Å². The molecule has 0 saturated heterocycles. The number of anilines is 1. The largest absolute Gasteiger partial charge is 0.324 e. The van der Waals surface area contributed by atoms with Crippen LogP contribution in [-0.4, -0.2) is 32.3 Å². The first-order valence-electron chi connectivity index (χ1n) is 7.66. The second-order valence-corrected chi connectivity index (χ2v) is 6.02. The number of aromatic nitrogens is 4. The van der Waals surface area contributed by atoms with Gasteiger partial charge in [0.2, 0.25) is 5.96 Å². The molecule has 1 N–H and O–H groups in total. The number of rotatable bonds is 3. The first kappa shape index (κ1) is 14.8. The normalized spacial score (nSPS) is 16.4. The maximum absolute atomic E-state index is 5.92. The van der Waals surface area contributed by atoms with Gasteiger partial charge in [0.25, 0.3) is 0 Å². The summed E-state index contributed by atoms with van der Waals surface area (Å²) in [5, 5.41) is 8.29. The average Bonchev–Trinajstić information content (AvgIpc) is 3.10. The molecule has 0 spiro atoms. The van der Waals surface area contributed by atoms with Gasteiger partial charge in [0.1, 0.15) is 12.2 Å². The summed E-state index contributed by atoms with van der Waals surface area (Å²) in [6.07, 6.45) is 6.04. The topological polar surface area (TPSA) is 68.0 Å². The van der Waals surface area contributed by atoms with E-state index in [1.54, 1.807) is 23.4 Å². The molecule has 1 aromatic carbocycles. The van der Waals surface area contributed by atoms with Gasteiger partial charge in [-0.15, -0.1) is 0 Å². The SMILES string of the molecule is Clc1ccc(NC2=NCC(Cc3ccncc3)c3ncnn32)cc1. The maximum atomic E-state index is 5.92. The van der Waals surface area contributed by atoms with Gasteiger partial charge in [-0.05, 0) is 48.4 Å². The van der Waals surface area contributed by atoms with Crippen LogP contribution in [-0.2, 0) is 6.42 Å². The van der Waals surface area contributed by atoms with Crippen LogP contribution in [0.3, 0.4) is 0 Å². The van der Waals surface area contributed by atoms with E-state index in [0.29, 0.717) is 17.5 Å². The third kappa shape index (κ3) is 3.00. The summed E-state index contributed by atoms with van der Waals surface area (Å²) in [4.78, 5) is 13.1. The summed E-state index contributed by atoms with van der Waals surface area (Å²) in [5.41, 5.74) is 2.13. The highest BCUT2D eigenvalue weighted by Crippen LogP contribution is 2.23. The molecule has 3 heterocycles. The lowest BCUT2D eigenvalue weighted by Crippen LogP contribution is -2.32. The first-order valence-corrected chi connectivity index (χ1v) is 8.03. The van der Waals surface area contributed by atoms with E-state index in [0.717, 1.165) is 17.9 Å². The van der Waals surface area contributed by atoms with Crippen LogP contribution < -0.4 is 5.32 Å². The molecule has 1 atom stereocenters. The molecule has 4 rings (SSSR count).